The number of amides is 2. The second kappa shape index (κ2) is 5.73. The molecule has 2 aliphatic heterocycles. The second-order valence-electron chi connectivity index (χ2n) is 6.59. The number of thiazole rings is 1. The van der Waals surface area contributed by atoms with Crippen molar-refractivity contribution in [1.82, 2.24) is 14.8 Å². The smallest absolute Gasteiger partial charge is 0.410 e. The van der Waals surface area contributed by atoms with E-state index in [9.17, 15) is 9.59 Å². The van der Waals surface area contributed by atoms with Crippen molar-refractivity contribution in [2.75, 3.05) is 26.7 Å². The largest absolute Gasteiger partial charge is 0.441 e. The van der Waals surface area contributed by atoms with Gasteiger partial charge in [0.15, 0.2) is 0 Å². The molecule has 126 valence electrons. The molecule has 7 heteroatoms. The fourth-order valence-corrected chi connectivity index (χ4v) is 4.31. The third kappa shape index (κ3) is 2.62. The maximum absolute atomic E-state index is 12.8. The molecule has 6 nitrogen and oxygen atoms in total. The van der Waals surface area contributed by atoms with Crippen LogP contribution in [0.25, 0.3) is 10.2 Å². The molecule has 1 aromatic heterocycles. The summed E-state index contributed by atoms with van der Waals surface area (Å²) in [4.78, 5) is 32.3. The number of carbonyl (C=O) groups is 2. The van der Waals surface area contributed by atoms with Crippen LogP contribution in [0.5, 0.6) is 0 Å². The van der Waals surface area contributed by atoms with Gasteiger partial charge in [-0.2, -0.15) is 0 Å². The number of carbonyl (C=O) groups excluding carboxylic acids is 2. The normalized spacial score (nSPS) is 24.5. The fourth-order valence-electron chi connectivity index (χ4n) is 3.59. The first-order valence-corrected chi connectivity index (χ1v) is 9.01. The Hall–Kier alpha value is -2.15. The van der Waals surface area contributed by atoms with Crippen LogP contribution in [0.3, 0.4) is 0 Å². The van der Waals surface area contributed by atoms with E-state index in [1.165, 1.54) is 0 Å². The van der Waals surface area contributed by atoms with Crippen LogP contribution in [0.15, 0.2) is 23.7 Å². The molecule has 0 saturated carbocycles. The first-order valence-electron chi connectivity index (χ1n) is 8.13. The number of hydrogen-bond donors (Lipinski definition) is 0. The van der Waals surface area contributed by atoms with Gasteiger partial charge >= 0.3 is 6.09 Å². The maximum atomic E-state index is 12.8. The molecular weight excluding hydrogens is 326 g/mol. The van der Waals surface area contributed by atoms with Gasteiger partial charge in [0.1, 0.15) is 5.60 Å². The van der Waals surface area contributed by atoms with Crippen LogP contribution in [0.1, 0.15) is 29.6 Å². The Kier molecular flexibility index (Phi) is 3.68. The number of likely N-dealkylation sites (N-methyl/N-ethyl adjacent to an activating group) is 1. The summed E-state index contributed by atoms with van der Waals surface area (Å²) in [6.07, 6.45) is 2.08. The van der Waals surface area contributed by atoms with Gasteiger partial charge in [0.05, 0.1) is 22.3 Å². The summed E-state index contributed by atoms with van der Waals surface area (Å²) in [5.41, 5.74) is 2.98. The molecule has 0 bridgehead atoms. The first kappa shape index (κ1) is 15.4. The van der Waals surface area contributed by atoms with Gasteiger partial charge in [-0.1, -0.05) is 0 Å². The number of rotatable bonds is 1. The maximum Gasteiger partial charge on any atom is 0.410 e. The molecule has 0 N–H and O–H groups in total. The standard InChI is InChI=1S/C17H19N3O3S/c1-19-10-17(23-16(19)22)5-2-7-20(8-6-17)15(21)12-3-4-13-14(9-12)24-11-18-13/h3-4,9,11H,2,5-8,10H2,1H3. The van der Waals surface area contributed by atoms with E-state index in [2.05, 4.69) is 4.98 Å². The lowest BCUT2D eigenvalue weighted by Gasteiger charge is -2.25. The van der Waals surface area contributed by atoms with Gasteiger partial charge in [-0.05, 0) is 31.0 Å². The molecule has 2 saturated heterocycles. The van der Waals surface area contributed by atoms with Crippen molar-refractivity contribution >= 4 is 33.6 Å². The molecule has 1 unspecified atom stereocenters. The van der Waals surface area contributed by atoms with Gasteiger partial charge in [0.25, 0.3) is 5.91 Å². The molecule has 2 aromatic rings. The van der Waals surface area contributed by atoms with E-state index in [0.717, 1.165) is 23.1 Å². The van der Waals surface area contributed by atoms with E-state index in [1.807, 2.05) is 23.1 Å². The quantitative estimate of drug-likeness (QED) is 0.797. The summed E-state index contributed by atoms with van der Waals surface area (Å²) >= 11 is 1.54. The van der Waals surface area contributed by atoms with Crippen molar-refractivity contribution in [1.29, 1.82) is 0 Å². The van der Waals surface area contributed by atoms with Crippen LogP contribution in [0.2, 0.25) is 0 Å². The summed E-state index contributed by atoms with van der Waals surface area (Å²) in [6.45, 7) is 1.92. The molecule has 2 fully saturated rings. The van der Waals surface area contributed by atoms with Gasteiger partial charge < -0.3 is 14.5 Å². The van der Waals surface area contributed by atoms with Gasteiger partial charge in [0, 0.05) is 32.1 Å². The molecule has 1 spiro atoms. The highest BCUT2D eigenvalue weighted by atomic mass is 32.1. The third-order valence-electron chi connectivity index (χ3n) is 4.90. The van der Waals surface area contributed by atoms with Crippen LogP contribution < -0.4 is 0 Å². The summed E-state index contributed by atoms with van der Waals surface area (Å²) in [7, 11) is 1.76. The Morgan fingerprint density at radius 2 is 2.21 bits per heavy atom. The molecule has 3 heterocycles. The Morgan fingerprint density at radius 3 is 3.00 bits per heavy atom. The van der Waals surface area contributed by atoms with Gasteiger partial charge in [-0.25, -0.2) is 9.78 Å². The minimum Gasteiger partial charge on any atom is -0.441 e. The average Bonchev–Trinajstić information content (AvgIpc) is 3.07. The zero-order valence-electron chi connectivity index (χ0n) is 13.5. The zero-order chi connectivity index (χ0) is 16.7. The highest BCUT2D eigenvalue weighted by molar-refractivity contribution is 7.16. The predicted molar refractivity (Wildman–Crippen MR) is 91.2 cm³/mol. The summed E-state index contributed by atoms with van der Waals surface area (Å²) in [5.74, 6) is 0.0417. The Balaban J connectivity index is 1.50. The summed E-state index contributed by atoms with van der Waals surface area (Å²) < 4.78 is 6.63. The molecule has 2 aliphatic rings. The Morgan fingerprint density at radius 1 is 1.33 bits per heavy atom. The van der Waals surface area contributed by atoms with E-state index >= 15 is 0 Å². The van der Waals surface area contributed by atoms with Crippen molar-refractivity contribution in [2.24, 2.45) is 0 Å². The average molecular weight is 345 g/mol. The van der Waals surface area contributed by atoms with E-state index in [-0.39, 0.29) is 12.0 Å². The molecule has 0 radical (unpaired) electrons. The van der Waals surface area contributed by atoms with Gasteiger partial charge in [-0.3, -0.25) is 4.79 Å². The number of aromatic nitrogens is 1. The molecule has 1 atom stereocenters. The minimum atomic E-state index is -0.428. The summed E-state index contributed by atoms with van der Waals surface area (Å²) in [6, 6.07) is 5.65. The zero-order valence-corrected chi connectivity index (χ0v) is 14.3. The monoisotopic (exact) mass is 345 g/mol. The lowest BCUT2D eigenvalue weighted by molar-refractivity contribution is 0.0438. The van der Waals surface area contributed by atoms with E-state index in [1.54, 1.807) is 28.8 Å². The first-order chi connectivity index (χ1) is 11.6. The highest BCUT2D eigenvalue weighted by Crippen LogP contribution is 2.33. The number of benzene rings is 1. The molecule has 0 aliphatic carbocycles. The lowest BCUT2D eigenvalue weighted by Crippen LogP contribution is -2.36. The van der Waals surface area contributed by atoms with Crippen LogP contribution in [0, 0.1) is 0 Å². The predicted octanol–water partition coefficient (Wildman–Crippen LogP) is 2.74. The van der Waals surface area contributed by atoms with Crippen molar-refractivity contribution in [3.8, 4) is 0 Å². The Labute approximate surface area is 144 Å². The SMILES string of the molecule is CN1CC2(CCCN(C(=O)c3ccc4ncsc4c3)CC2)OC1=O. The third-order valence-corrected chi connectivity index (χ3v) is 5.70. The van der Waals surface area contributed by atoms with Crippen molar-refractivity contribution < 1.29 is 14.3 Å². The van der Waals surface area contributed by atoms with E-state index in [0.29, 0.717) is 31.6 Å². The molecular formula is C17H19N3O3S. The van der Waals surface area contributed by atoms with E-state index < -0.39 is 5.60 Å². The number of hydrogen-bond acceptors (Lipinski definition) is 5. The molecule has 4 rings (SSSR count). The number of likely N-dealkylation sites (tertiary alicyclic amines) is 1. The fraction of sp³-hybridized carbons (Fsp3) is 0.471. The topological polar surface area (TPSA) is 62.7 Å². The van der Waals surface area contributed by atoms with Crippen LogP contribution in [0.4, 0.5) is 4.79 Å². The molecule has 1 aromatic carbocycles. The van der Waals surface area contributed by atoms with Gasteiger partial charge in [0.2, 0.25) is 0 Å². The van der Waals surface area contributed by atoms with Crippen molar-refractivity contribution in [3.63, 3.8) is 0 Å². The number of ether oxygens (including phenoxy) is 1. The summed E-state index contributed by atoms with van der Waals surface area (Å²) in [5, 5.41) is 0. The second-order valence-corrected chi connectivity index (χ2v) is 7.47. The van der Waals surface area contributed by atoms with Crippen LogP contribution >= 0.6 is 11.3 Å². The Bertz CT molecular complexity index is 805. The minimum absolute atomic E-state index is 0.0417. The van der Waals surface area contributed by atoms with Crippen LogP contribution in [-0.2, 0) is 4.74 Å². The van der Waals surface area contributed by atoms with E-state index in [4.69, 9.17) is 4.74 Å². The number of nitrogens with zero attached hydrogens (tertiary/aromatic N) is 3. The van der Waals surface area contributed by atoms with Gasteiger partial charge in [-0.15, -0.1) is 11.3 Å². The van der Waals surface area contributed by atoms with Crippen LogP contribution in [-0.4, -0.2) is 59.1 Å². The number of fused-ring (bicyclic) bond motifs is 1. The van der Waals surface area contributed by atoms with Crippen molar-refractivity contribution in [2.45, 2.75) is 24.9 Å². The molecule has 2 amide bonds. The van der Waals surface area contributed by atoms with Crippen molar-refractivity contribution in [3.05, 3.63) is 29.3 Å². The molecule has 24 heavy (non-hydrogen) atoms. The highest BCUT2D eigenvalue weighted by Gasteiger charge is 2.44. The lowest BCUT2D eigenvalue weighted by atomic mass is 9.95.